The van der Waals surface area contributed by atoms with Crippen LogP contribution >= 0.6 is 15.9 Å². The van der Waals surface area contributed by atoms with Crippen molar-refractivity contribution in [2.45, 2.75) is 39.0 Å². The van der Waals surface area contributed by atoms with Crippen molar-refractivity contribution in [2.24, 2.45) is 0 Å². The first kappa shape index (κ1) is 13.7. The molecule has 0 amide bonds. The van der Waals surface area contributed by atoms with Gasteiger partial charge in [0.25, 0.3) is 0 Å². The molecular weight excluding hydrogens is 266 g/mol. The molecule has 3 unspecified atom stereocenters. The third-order valence-corrected chi connectivity index (χ3v) is 3.43. The molecule has 0 spiro atoms. The second-order valence-electron chi connectivity index (χ2n) is 4.17. The number of ether oxygens (including phenoxy) is 1. The summed E-state index contributed by atoms with van der Waals surface area (Å²) >= 11 is 3.49. The van der Waals surface area contributed by atoms with Crippen LogP contribution in [0.2, 0.25) is 0 Å². The molecule has 0 radical (unpaired) electrons. The number of benzene rings is 1. The lowest BCUT2D eigenvalue weighted by Gasteiger charge is -2.24. The Morgan fingerprint density at radius 2 is 1.94 bits per heavy atom. The van der Waals surface area contributed by atoms with Gasteiger partial charge in [-0.15, -0.1) is 0 Å². The predicted molar refractivity (Wildman–Crippen MR) is 71.6 cm³/mol. The molecule has 16 heavy (non-hydrogen) atoms. The average molecular weight is 286 g/mol. The van der Waals surface area contributed by atoms with E-state index in [0.29, 0.717) is 12.1 Å². The Morgan fingerprint density at radius 1 is 1.25 bits per heavy atom. The van der Waals surface area contributed by atoms with Crippen LogP contribution in [-0.2, 0) is 4.74 Å². The van der Waals surface area contributed by atoms with Crippen LogP contribution in [-0.4, -0.2) is 19.3 Å². The molecule has 1 aromatic rings. The fraction of sp³-hybridized carbons (Fsp3) is 0.538. The van der Waals surface area contributed by atoms with Gasteiger partial charge < -0.3 is 10.1 Å². The molecule has 3 heteroatoms. The van der Waals surface area contributed by atoms with E-state index in [1.807, 2.05) is 6.07 Å². The zero-order chi connectivity index (χ0) is 12.1. The third kappa shape index (κ3) is 3.89. The van der Waals surface area contributed by atoms with Crippen LogP contribution in [0.3, 0.4) is 0 Å². The van der Waals surface area contributed by atoms with Crippen molar-refractivity contribution >= 4 is 15.9 Å². The third-order valence-electron chi connectivity index (χ3n) is 2.94. The van der Waals surface area contributed by atoms with E-state index in [0.717, 1.165) is 4.47 Å². The molecule has 0 aromatic heterocycles. The van der Waals surface area contributed by atoms with Crippen LogP contribution in [0.5, 0.6) is 0 Å². The molecule has 1 aromatic carbocycles. The molecule has 0 saturated carbocycles. The molecule has 0 aliphatic heterocycles. The summed E-state index contributed by atoms with van der Waals surface area (Å²) in [6, 6.07) is 9.03. The van der Waals surface area contributed by atoms with Crippen LogP contribution < -0.4 is 5.32 Å². The summed E-state index contributed by atoms with van der Waals surface area (Å²) in [5, 5.41) is 3.53. The molecule has 0 bridgehead atoms. The van der Waals surface area contributed by atoms with E-state index >= 15 is 0 Å². The van der Waals surface area contributed by atoms with Gasteiger partial charge in [-0.1, -0.05) is 28.1 Å². The fourth-order valence-corrected chi connectivity index (χ4v) is 2.02. The van der Waals surface area contributed by atoms with Crippen LogP contribution in [0.4, 0.5) is 0 Å². The summed E-state index contributed by atoms with van der Waals surface area (Å²) < 4.78 is 6.42. The van der Waals surface area contributed by atoms with Gasteiger partial charge in [-0.3, -0.25) is 0 Å². The largest absolute Gasteiger partial charge is 0.380 e. The molecule has 0 aliphatic rings. The van der Waals surface area contributed by atoms with E-state index < -0.39 is 0 Å². The number of methoxy groups -OCH3 is 1. The van der Waals surface area contributed by atoms with Gasteiger partial charge in [0.15, 0.2) is 0 Å². The van der Waals surface area contributed by atoms with Gasteiger partial charge in [0.1, 0.15) is 0 Å². The van der Waals surface area contributed by atoms with Gasteiger partial charge in [0, 0.05) is 23.7 Å². The lowest BCUT2D eigenvalue weighted by atomic mass is 10.1. The Balaban J connectivity index is 2.61. The Labute approximate surface area is 107 Å². The quantitative estimate of drug-likeness (QED) is 0.894. The number of nitrogens with one attached hydrogen (secondary N) is 1. The van der Waals surface area contributed by atoms with Crippen LogP contribution in [0.1, 0.15) is 32.4 Å². The summed E-state index contributed by atoms with van der Waals surface area (Å²) in [4.78, 5) is 0. The highest BCUT2D eigenvalue weighted by Gasteiger charge is 2.14. The number of hydrogen-bond acceptors (Lipinski definition) is 2. The van der Waals surface area contributed by atoms with Crippen LogP contribution in [0.15, 0.2) is 28.7 Å². The minimum Gasteiger partial charge on any atom is -0.380 e. The summed E-state index contributed by atoms with van der Waals surface area (Å²) in [6.07, 6.45) is 0.217. The van der Waals surface area contributed by atoms with Gasteiger partial charge in [-0.2, -0.15) is 0 Å². The molecule has 1 N–H and O–H groups in total. The van der Waals surface area contributed by atoms with Crippen LogP contribution in [0.25, 0.3) is 0 Å². The molecular formula is C13H20BrNO. The smallest absolute Gasteiger partial charge is 0.0693 e. The molecule has 1 rings (SSSR count). The lowest BCUT2D eigenvalue weighted by Crippen LogP contribution is -2.38. The van der Waals surface area contributed by atoms with Crippen molar-refractivity contribution in [2.75, 3.05) is 7.11 Å². The van der Waals surface area contributed by atoms with Crippen molar-refractivity contribution in [3.8, 4) is 0 Å². The second-order valence-corrected chi connectivity index (χ2v) is 5.09. The number of hydrogen-bond donors (Lipinski definition) is 1. The second kappa shape index (κ2) is 6.38. The first-order chi connectivity index (χ1) is 7.54. The van der Waals surface area contributed by atoms with Gasteiger partial charge in [0.05, 0.1) is 6.10 Å². The molecule has 0 fully saturated rings. The number of halogens is 1. The highest BCUT2D eigenvalue weighted by molar-refractivity contribution is 9.10. The van der Waals surface area contributed by atoms with Gasteiger partial charge >= 0.3 is 0 Å². The minimum atomic E-state index is 0.217. The maximum Gasteiger partial charge on any atom is 0.0693 e. The summed E-state index contributed by atoms with van der Waals surface area (Å²) in [7, 11) is 1.74. The zero-order valence-corrected chi connectivity index (χ0v) is 11.9. The van der Waals surface area contributed by atoms with E-state index in [-0.39, 0.29) is 6.10 Å². The minimum absolute atomic E-state index is 0.217. The Morgan fingerprint density at radius 3 is 2.50 bits per heavy atom. The van der Waals surface area contributed by atoms with Gasteiger partial charge in [0.2, 0.25) is 0 Å². The van der Waals surface area contributed by atoms with Gasteiger partial charge in [-0.05, 0) is 38.5 Å². The SMILES string of the molecule is COC(C)C(C)NC(C)c1cccc(Br)c1. The summed E-state index contributed by atoms with van der Waals surface area (Å²) in [6.45, 7) is 6.38. The maximum atomic E-state index is 5.30. The predicted octanol–water partition coefficient (Wildman–Crippen LogP) is 3.52. The van der Waals surface area contributed by atoms with E-state index in [9.17, 15) is 0 Å². The molecule has 0 saturated heterocycles. The monoisotopic (exact) mass is 285 g/mol. The summed E-state index contributed by atoms with van der Waals surface area (Å²) in [5.74, 6) is 0. The van der Waals surface area contributed by atoms with E-state index in [4.69, 9.17) is 4.74 Å². The van der Waals surface area contributed by atoms with Crippen molar-refractivity contribution in [1.29, 1.82) is 0 Å². The fourth-order valence-electron chi connectivity index (χ4n) is 1.61. The van der Waals surface area contributed by atoms with Crippen molar-refractivity contribution in [1.82, 2.24) is 5.32 Å². The highest BCUT2D eigenvalue weighted by Crippen LogP contribution is 2.18. The lowest BCUT2D eigenvalue weighted by molar-refractivity contribution is 0.0852. The highest BCUT2D eigenvalue weighted by atomic mass is 79.9. The molecule has 2 nitrogen and oxygen atoms in total. The summed E-state index contributed by atoms with van der Waals surface area (Å²) in [5.41, 5.74) is 1.28. The topological polar surface area (TPSA) is 21.3 Å². The van der Waals surface area contributed by atoms with E-state index in [2.05, 4.69) is 60.2 Å². The zero-order valence-electron chi connectivity index (χ0n) is 10.3. The Kier molecular flexibility index (Phi) is 5.46. The van der Waals surface area contributed by atoms with E-state index in [1.165, 1.54) is 5.56 Å². The molecule has 0 aliphatic carbocycles. The number of rotatable bonds is 5. The average Bonchev–Trinajstić information content (AvgIpc) is 2.27. The molecule has 90 valence electrons. The van der Waals surface area contributed by atoms with Crippen molar-refractivity contribution < 1.29 is 4.74 Å². The first-order valence-corrected chi connectivity index (χ1v) is 6.38. The Hall–Kier alpha value is -0.380. The van der Waals surface area contributed by atoms with E-state index in [1.54, 1.807) is 7.11 Å². The first-order valence-electron chi connectivity index (χ1n) is 5.59. The Bertz CT molecular complexity index is 329. The maximum absolute atomic E-state index is 5.30. The molecule has 3 atom stereocenters. The normalized spacial score (nSPS) is 16.8. The van der Waals surface area contributed by atoms with Crippen LogP contribution in [0, 0.1) is 0 Å². The molecule has 0 heterocycles. The van der Waals surface area contributed by atoms with Crippen molar-refractivity contribution in [3.63, 3.8) is 0 Å². The van der Waals surface area contributed by atoms with Crippen molar-refractivity contribution in [3.05, 3.63) is 34.3 Å². The van der Waals surface area contributed by atoms with Gasteiger partial charge in [-0.25, -0.2) is 0 Å². The standard InChI is InChI=1S/C13H20BrNO/c1-9(11(3)16-4)15-10(2)12-6-5-7-13(14)8-12/h5-11,15H,1-4H3.